The molecule has 0 bridgehead atoms. The second-order valence-electron chi connectivity index (χ2n) is 7.13. The minimum atomic E-state index is 0.445. The topological polar surface area (TPSA) is 24.5 Å². The van der Waals surface area contributed by atoms with Crippen molar-refractivity contribution in [3.05, 3.63) is 0 Å². The van der Waals surface area contributed by atoms with Crippen molar-refractivity contribution in [2.45, 2.75) is 77.0 Å². The Labute approximate surface area is 125 Å². The first kappa shape index (κ1) is 16.3. The number of likely N-dealkylation sites (N-methyl/N-ethyl adjacent to an activating group) is 1. The number of nitrogens with one attached hydrogen (secondary N) is 1. The standard InChI is InChI=1S/C17H34N2O/c1-14(2)10-11-19(15-6-4-5-7-15)13-17-9-8-16(20-17)12-18-3/h14-18H,4-13H2,1-3H3. The molecule has 2 unspecified atom stereocenters. The van der Waals surface area contributed by atoms with Gasteiger partial charge >= 0.3 is 0 Å². The van der Waals surface area contributed by atoms with Crippen LogP contribution >= 0.6 is 0 Å². The second-order valence-corrected chi connectivity index (χ2v) is 7.13. The van der Waals surface area contributed by atoms with Crippen LogP contribution in [0, 0.1) is 5.92 Å². The maximum absolute atomic E-state index is 6.19. The van der Waals surface area contributed by atoms with E-state index in [9.17, 15) is 0 Å². The first-order valence-corrected chi connectivity index (χ1v) is 8.73. The van der Waals surface area contributed by atoms with Gasteiger partial charge < -0.3 is 10.1 Å². The molecular formula is C17H34N2O. The highest BCUT2D eigenvalue weighted by atomic mass is 16.5. The predicted octanol–water partition coefficient (Wildman–Crippen LogP) is 3.04. The maximum atomic E-state index is 6.19. The van der Waals surface area contributed by atoms with Gasteiger partial charge in [-0.3, -0.25) is 4.90 Å². The van der Waals surface area contributed by atoms with Gasteiger partial charge in [0.25, 0.3) is 0 Å². The Morgan fingerprint density at radius 1 is 1.10 bits per heavy atom. The van der Waals surface area contributed by atoms with E-state index in [1.54, 1.807) is 0 Å². The summed E-state index contributed by atoms with van der Waals surface area (Å²) in [7, 11) is 2.02. The zero-order chi connectivity index (χ0) is 14.4. The van der Waals surface area contributed by atoms with Crippen molar-refractivity contribution >= 4 is 0 Å². The highest BCUT2D eigenvalue weighted by molar-refractivity contribution is 4.83. The lowest BCUT2D eigenvalue weighted by molar-refractivity contribution is 0.0143. The van der Waals surface area contributed by atoms with E-state index in [0.29, 0.717) is 12.2 Å². The van der Waals surface area contributed by atoms with Gasteiger partial charge in [-0.25, -0.2) is 0 Å². The van der Waals surface area contributed by atoms with Crippen LogP contribution in [0.25, 0.3) is 0 Å². The summed E-state index contributed by atoms with van der Waals surface area (Å²) in [5, 5.41) is 3.24. The first-order chi connectivity index (χ1) is 9.69. The molecule has 0 aromatic rings. The second kappa shape index (κ2) is 8.35. The third-order valence-corrected chi connectivity index (χ3v) is 4.90. The van der Waals surface area contributed by atoms with E-state index in [1.165, 1.54) is 51.5 Å². The summed E-state index contributed by atoms with van der Waals surface area (Å²) >= 11 is 0. The van der Waals surface area contributed by atoms with Crippen molar-refractivity contribution in [3.63, 3.8) is 0 Å². The molecule has 0 aromatic carbocycles. The zero-order valence-corrected chi connectivity index (χ0v) is 13.7. The number of hydrogen-bond acceptors (Lipinski definition) is 3. The molecule has 1 aliphatic carbocycles. The largest absolute Gasteiger partial charge is 0.372 e. The van der Waals surface area contributed by atoms with Crippen molar-refractivity contribution in [2.24, 2.45) is 5.92 Å². The van der Waals surface area contributed by atoms with Gasteiger partial charge in [-0.05, 0) is 51.6 Å². The summed E-state index contributed by atoms with van der Waals surface area (Å²) in [5.74, 6) is 0.806. The SMILES string of the molecule is CNCC1CCC(CN(CCC(C)C)C2CCCC2)O1. The van der Waals surface area contributed by atoms with Gasteiger partial charge in [0, 0.05) is 19.1 Å². The summed E-state index contributed by atoms with van der Waals surface area (Å²) in [5.41, 5.74) is 0. The molecule has 118 valence electrons. The maximum Gasteiger partial charge on any atom is 0.0707 e. The minimum absolute atomic E-state index is 0.445. The molecule has 1 saturated heterocycles. The number of rotatable bonds is 8. The molecule has 3 nitrogen and oxygen atoms in total. The van der Waals surface area contributed by atoms with Gasteiger partial charge in [-0.1, -0.05) is 26.7 Å². The lowest BCUT2D eigenvalue weighted by Gasteiger charge is -2.31. The average molecular weight is 282 g/mol. The Morgan fingerprint density at radius 2 is 1.80 bits per heavy atom. The van der Waals surface area contributed by atoms with Gasteiger partial charge in [0.15, 0.2) is 0 Å². The number of hydrogen-bond donors (Lipinski definition) is 1. The molecule has 2 aliphatic rings. The third kappa shape index (κ3) is 5.01. The predicted molar refractivity (Wildman–Crippen MR) is 85.1 cm³/mol. The van der Waals surface area contributed by atoms with E-state index in [-0.39, 0.29) is 0 Å². The zero-order valence-electron chi connectivity index (χ0n) is 13.7. The lowest BCUT2D eigenvalue weighted by Crippen LogP contribution is -2.40. The molecule has 1 saturated carbocycles. The Kier molecular flexibility index (Phi) is 6.79. The van der Waals surface area contributed by atoms with Crippen molar-refractivity contribution in [3.8, 4) is 0 Å². The van der Waals surface area contributed by atoms with E-state index in [1.807, 2.05) is 7.05 Å². The average Bonchev–Trinajstić information content (AvgIpc) is 3.06. The van der Waals surface area contributed by atoms with Crippen LogP contribution in [-0.4, -0.2) is 49.8 Å². The normalized spacial score (nSPS) is 28.1. The van der Waals surface area contributed by atoms with E-state index < -0.39 is 0 Å². The molecule has 2 fully saturated rings. The summed E-state index contributed by atoms with van der Waals surface area (Å²) in [6, 6.07) is 0.834. The monoisotopic (exact) mass is 282 g/mol. The molecule has 2 rings (SSSR count). The molecule has 0 radical (unpaired) electrons. The van der Waals surface area contributed by atoms with E-state index in [2.05, 4.69) is 24.1 Å². The van der Waals surface area contributed by atoms with Crippen LogP contribution in [0.2, 0.25) is 0 Å². The molecular weight excluding hydrogens is 248 g/mol. The van der Waals surface area contributed by atoms with E-state index >= 15 is 0 Å². The smallest absolute Gasteiger partial charge is 0.0707 e. The van der Waals surface area contributed by atoms with Gasteiger partial charge in [-0.2, -0.15) is 0 Å². The first-order valence-electron chi connectivity index (χ1n) is 8.73. The Hall–Kier alpha value is -0.120. The summed E-state index contributed by atoms with van der Waals surface area (Å²) in [6.45, 7) is 8.10. The third-order valence-electron chi connectivity index (χ3n) is 4.90. The Bertz CT molecular complexity index is 264. The van der Waals surface area contributed by atoms with Crippen LogP contribution in [0.15, 0.2) is 0 Å². The molecule has 1 heterocycles. The molecule has 3 heteroatoms. The molecule has 0 spiro atoms. The quantitative estimate of drug-likeness (QED) is 0.740. The van der Waals surface area contributed by atoms with Crippen LogP contribution in [0.5, 0.6) is 0 Å². The summed E-state index contributed by atoms with van der Waals surface area (Å²) < 4.78 is 6.19. The summed E-state index contributed by atoms with van der Waals surface area (Å²) in [6.07, 6.45) is 10.4. The van der Waals surface area contributed by atoms with E-state index in [4.69, 9.17) is 4.74 Å². The fourth-order valence-corrected chi connectivity index (χ4v) is 3.67. The van der Waals surface area contributed by atoms with Crippen molar-refractivity contribution in [2.75, 3.05) is 26.7 Å². The highest BCUT2D eigenvalue weighted by Crippen LogP contribution is 2.27. The Morgan fingerprint density at radius 3 is 2.45 bits per heavy atom. The number of nitrogens with zero attached hydrogens (tertiary/aromatic N) is 1. The highest BCUT2D eigenvalue weighted by Gasteiger charge is 2.30. The van der Waals surface area contributed by atoms with Crippen molar-refractivity contribution < 1.29 is 4.74 Å². The van der Waals surface area contributed by atoms with Crippen molar-refractivity contribution in [1.82, 2.24) is 10.2 Å². The van der Waals surface area contributed by atoms with E-state index in [0.717, 1.165) is 25.0 Å². The summed E-state index contributed by atoms with van der Waals surface area (Å²) in [4.78, 5) is 2.75. The van der Waals surface area contributed by atoms with Crippen molar-refractivity contribution in [1.29, 1.82) is 0 Å². The minimum Gasteiger partial charge on any atom is -0.372 e. The van der Waals surface area contributed by atoms with Crippen LogP contribution in [0.1, 0.15) is 58.8 Å². The molecule has 0 aromatic heterocycles. The molecule has 1 N–H and O–H groups in total. The molecule has 0 amide bonds. The van der Waals surface area contributed by atoms with Crippen LogP contribution in [0.4, 0.5) is 0 Å². The fraction of sp³-hybridized carbons (Fsp3) is 1.00. The van der Waals surface area contributed by atoms with Gasteiger partial charge in [-0.15, -0.1) is 0 Å². The van der Waals surface area contributed by atoms with Crippen LogP contribution < -0.4 is 5.32 Å². The van der Waals surface area contributed by atoms with Crippen LogP contribution in [-0.2, 0) is 4.74 Å². The Balaban J connectivity index is 1.80. The fourth-order valence-electron chi connectivity index (χ4n) is 3.67. The molecule has 2 atom stereocenters. The molecule has 20 heavy (non-hydrogen) atoms. The van der Waals surface area contributed by atoms with Gasteiger partial charge in [0.1, 0.15) is 0 Å². The lowest BCUT2D eigenvalue weighted by atomic mass is 10.1. The van der Waals surface area contributed by atoms with Gasteiger partial charge in [0.2, 0.25) is 0 Å². The van der Waals surface area contributed by atoms with Crippen LogP contribution in [0.3, 0.4) is 0 Å². The molecule has 1 aliphatic heterocycles. The van der Waals surface area contributed by atoms with Gasteiger partial charge in [0.05, 0.1) is 12.2 Å². The number of ether oxygens (including phenoxy) is 1.